The number of aliphatic hydroxyl groups excluding tert-OH is 2. The van der Waals surface area contributed by atoms with Gasteiger partial charge in [0.05, 0.1) is 47.9 Å². The second kappa shape index (κ2) is 10.8. The van der Waals surface area contributed by atoms with Crippen LogP contribution in [0.3, 0.4) is 0 Å². The lowest BCUT2D eigenvalue weighted by molar-refractivity contribution is -0.140. The van der Waals surface area contributed by atoms with Crippen molar-refractivity contribution in [3.05, 3.63) is 104 Å². The van der Waals surface area contributed by atoms with Crippen LogP contribution in [-0.2, 0) is 9.53 Å². The highest BCUT2D eigenvalue weighted by Crippen LogP contribution is 2.48. The fraction of sp³-hybridized carbons (Fsp3) is 0.371. The third kappa shape index (κ3) is 4.38. The molecule has 0 aromatic rings. The number of nitrogens with zero attached hydrogens (tertiary/aromatic N) is 3. The van der Waals surface area contributed by atoms with Crippen molar-refractivity contribution in [1.29, 1.82) is 0 Å². The number of hydrogen-bond acceptors (Lipinski definition) is 8. The normalized spacial score (nSPS) is 26.1. The second-order valence-corrected chi connectivity index (χ2v) is 11.8. The number of allylic oxidation sites excluding steroid dienone is 11. The Balaban J connectivity index is 1.63. The Morgan fingerprint density at radius 2 is 1.81 bits per heavy atom. The van der Waals surface area contributed by atoms with Crippen LogP contribution in [0.15, 0.2) is 119 Å². The van der Waals surface area contributed by atoms with Crippen LogP contribution in [0.25, 0.3) is 0 Å². The molecule has 5 heterocycles. The highest BCUT2D eigenvalue weighted by molar-refractivity contribution is 6.21. The molecule has 3 N–H and O–H groups in total. The van der Waals surface area contributed by atoms with Crippen molar-refractivity contribution < 1.29 is 19.7 Å². The number of aliphatic imine (C=N–C) groups is 3. The highest BCUT2D eigenvalue weighted by atomic mass is 16.5. The molecule has 0 saturated carbocycles. The van der Waals surface area contributed by atoms with Crippen molar-refractivity contribution >= 4 is 23.1 Å². The molecule has 43 heavy (non-hydrogen) atoms. The van der Waals surface area contributed by atoms with E-state index in [0.717, 1.165) is 78.9 Å². The zero-order valence-electron chi connectivity index (χ0n) is 25.6. The molecule has 6 rings (SSSR count). The average Bonchev–Trinajstić information content (AvgIpc) is 3.73. The first-order chi connectivity index (χ1) is 20.6. The van der Waals surface area contributed by atoms with Crippen LogP contribution in [0.5, 0.6) is 0 Å². The first kappa shape index (κ1) is 28.8. The Morgan fingerprint density at radius 3 is 2.49 bits per heavy atom. The molecule has 1 aliphatic carbocycles. The van der Waals surface area contributed by atoms with Crippen molar-refractivity contribution in [3.63, 3.8) is 0 Å². The topological polar surface area (TPSA) is 116 Å². The van der Waals surface area contributed by atoms with E-state index in [1.807, 2.05) is 39.0 Å². The maximum absolute atomic E-state index is 12.2. The summed E-state index contributed by atoms with van der Waals surface area (Å²) in [5, 5.41) is 25.6. The maximum Gasteiger partial charge on any atom is 0.305 e. The molecule has 0 spiro atoms. The fourth-order valence-corrected chi connectivity index (χ4v) is 7.07. The molecule has 3 atom stereocenters. The zero-order valence-corrected chi connectivity index (χ0v) is 25.6. The molecular weight excluding hydrogens is 540 g/mol. The molecule has 0 amide bonds. The molecule has 8 heteroatoms. The minimum absolute atomic E-state index is 0.0143. The van der Waals surface area contributed by atoms with Crippen LogP contribution in [-0.4, -0.2) is 47.0 Å². The number of methoxy groups -OCH3 is 1. The van der Waals surface area contributed by atoms with Gasteiger partial charge in [-0.15, -0.1) is 0 Å². The molecule has 1 fully saturated rings. The lowest BCUT2D eigenvalue weighted by Gasteiger charge is -2.19. The summed E-state index contributed by atoms with van der Waals surface area (Å²) < 4.78 is 4.98. The van der Waals surface area contributed by atoms with Gasteiger partial charge in [-0.2, -0.15) is 0 Å². The highest BCUT2D eigenvalue weighted by Gasteiger charge is 2.44. The molecule has 3 unspecified atom stereocenters. The van der Waals surface area contributed by atoms with Crippen molar-refractivity contribution in [1.82, 2.24) is 5.32 Å². The van der Waals surface area contributed by atoms with Gasteiger partial charge in [0.25, 0.3) is 0 Å². The Labute approximate surface area is 252 Å². The van der Waals surface area contributed by atoms with E-state index in [0.29, 0.717) is 24.3 Å². The van der Waals surface area contributed by atoms with E-state index < -0.39 is 0 Å². The van der Waals surface area contributed by atoms with E-state index >= 15 is 0 Å². The number of hydrogen-bond donors (Lipinski definition) is 3. The van der Waals surface area contributed by atoms with E-state index in [1.165, 1.54) is 7.11 Å². The van der Waals surface area contributed by atoms with Gasteiger partial charge in [-0.3, -0.25) is 4.79 Å². The second-order valence-electron chi connectivity index (χ2n) is 11.8. The molecule has 8 bridgehead atoms. The molecule has 8 nitrogen and oxygen atoms in total. The quantitative estimate of drug-likeness (QED) is 0.334. The first-order valence-electron chi connectivity index (χ1n) is 14.9. The molecule has 5 aliphatic heterocycles. The SMILES string of the molecule is C=CC1=C(C)C2=NC1=CC1=NC(=CC3=C(C)C4=C(O)C(C)C(=C5NC(=C2)C(C)C5CCC(=O)OC)C4=N3)C(CC)=C1CO. The fourth-order valence-electron chi connectivity index (χ4n) is 7.07. The maximum atomic E-state index is 12.2. The van der Waals surface area contributed by atoms with Gasteiger partial charge in [0, 0.05) is 57.9 Å². The summed E-state index contributed by atoms with van der Waals surface area (Å²) in [6.45, 7) is 14.1. The lowest BCUT2D eigenvalue weighted by atomic mass is 9.84. The van der Waals surface area contributed by atoms with Gasteiger partial charge < -0.3 is 20.3 Å². The van der Waals surface area contributed by atoms with Crippen molar-refractivity contribution in [2.75, 3.05) is 13.7 Å². The number of carbonyl (C=O) groups is 1. The number of esters is 1. The van der Waals surface area contributed by atoms with Crippen LogP contribution in [0, 0.1) is 17.8 Å². The Bertz CT molecular complexity index is 1730. The summed E-state index contributed by atoms with van der Waals surface area (Å²) in [5.41, 5.74) is 12.7. The Hall–Kier alpha value is -4.30. The summed E-state index contributed by atoms with van der Waals surface area (Å²) in [5.74, 6) is -0.180. The monoisotopic (exact) mass is 578 g/mol. The van der Waals surface area contributed by atoms with Gasteiger partial charge in [0.15, 0.2) is 0 Å². The van der Waals surface area contributed by atoms with Crippen LogP contribution in [0.4, 0.5) is 0 Å². The smallest absolute Gasteiger partial charge is 0.305 e. The number of ether oxygens (including phenoxy) is 1. The summed E-state index contributed by atoms with van der Waals surface area (Å²) in [4.78, 5) is 27.3. The van der Waals surface area contributed by atoms with E-state index in [1.54, 1.807) is 0 Å². The average molecular weight is 579 g/mol. The standard InChI is InChI=1S/C35H38N4O4/c1-8-20-16(3)24-12-25-17(4)22(10-11-30(41)43-7)33(38-25)31-19(6)35(42)32-18(5)26(39-34(31)32)13-28-21(9-2)23(15-40)29(37-28)14-27(20)36-24/h8,12-14,17,19,22,38,40,42H,1,9-11,15H2,2-7H3. The number of carbonyl (C=O) groups excluding carboxylic acids is 1. The van der Waals surface area contributed by atoms with Gasteiger partial charge in [-0.1, -0.05) is 33.4 Å². The molecule has 0 aromatic carbocycles. The minimum atomic E-state index is -0.262. The van der Waals surface area contributed by atoms with Gasteiger partial charge >= 0.3 is 5.97 Å². The summed E-state index contributed by atoms with van der Waals surface area (Å²) in [7, 11) is 1.41. The minimum Gasteiger partial charge on any atom is -0.511 e. The lowest BCUT2D eigenvalue weighted by Crippen LogP contribution is -2.18. The van der Waals surface area contributed by atoms with Gasteiger partial charge in [0.2, 0.25) is 0 Å². The Kier molecular flexibility index (Phi) is 7.21. The first-order valence-corrected chi connectivity index (χ1v) is 14.9. The molecule has 6 aliphatic rings. The van der Waals surface area contributed by atoms with E-state index in [2.05, 4.69) is 31.8 Å². The summed E-state index contributed by atoms with van der Waals surface area (Å²) in [6, 6.07) is 0. The molecular formula is C35H38N4O4. The summed E-state index contributed by atoms with van der Waals surface area (Å²) in [6.07, 6.45) is 9.35. The number of fused-ring (bicyclic) bond motifs is 5. The van der Waals surface area contributed by atoms with E-state index in [9.17, 15) is 15.0 Å². The third-order valence-electron chi connectivity index (χ3n) is 9.59. The van der Waals surface area contributed by atoms with Gasteiger partial charge in [-0.25, -0.2) is 15.0 Å². The Morgan fingerprint density at radius 1 is 1.07 bits per heavy atom. The van der Waals surface area contributed by atoms with Crippen molar-refractivity contribution in [2.24, 2.45) is 32.7 Å². The van der Waals surface area contributed by atoms with Gasteiger partial charge in [0.1, 0.15) is 5.76 Å². The van der Waals surface area contributed by atoms with Crippen molar-refractivity contribution in [2.45, 2.75) is 53.9 Å². The van der Waals surface area contributed by atoms with E-state index in [-0.39, 0.29) is 36.8 Å². The predicted molar refractivity (Wildman–Crippen MR) is 169 cm³/mol. The molecule has 1 saturated heterocycles. The van der Waals surface area contributed by atoms with E-state index in [4.69, 9.17) is 19.7 Å². The number of rotatable bonds is 6. The molecule has 222 valence electrons. The molecule has 0 aromatic heterocycles. The number of aliphatic hydroxyl groups is 2. The van der Waals surface area contributed by atoms with Crippen molar-refractivity contribution in [3.8, 4) is 0 Å². The summed E-state index contributed by atoms with van der Waals surface area (Å²) >= 11 is 0. The largest absolute Gasteiger partial charge is 0.511 e. The van der Waals surface area contributed by atoms with Crippen LogP contribution in [0.1, 0.15) is 53.9 Å². The van der Waals surface area contributed by atoms with Crippen LogP contribution in [0.2, 0.25) is 0 Å². The number of nitrogens with one attached hydrogen (secondary N) is 1. The molecule has 0 radical (unpaired) electrons. The zero-order chi connectivity index (χ0) is 30.7. The van der Waals surface area contributed by atoms with Crippen LogP contribution < -0.4 is 5.32 Å². The van der Waals surface area contributed by atoms with Crippen LogP contribution >= 0.6 is 0 Å². The predicted octanol–water partition coefficient (Wildman–Crippen LogP) is 6.02. The van der Waals surface area contributed by atoms with Gasteiger partial charge in [-0.05, 0) is 61.6 Å². The third-order valence-corrected chi connectivity index (χ3v) is 9.59.